The lowest BCUT2D eigenvalue weighted by atomic mass is 9.49. The lowest BCUT2D eigenvalue weighted by Gasteiger charge is -2.55. The topological polar surface area (TPSA) is 67.4 Å². The van der Waals surface area contributed by atoms with Crippen LogP contribution in [0.2, 0.25) is 0 Å². The minimum absolute atomic E-state index is 0.162. The minimum Gasteiger partial charge on any atom is -0.496 e. The van der Waals surface area contributed by atoms with Crippen molar-refractivity contribution in [3.8, 4) is 5.75 Å². The van der Waals surface area contributed by atoms with Gasteiger partial charge in [-0.25, -0.2) is 0 Å². The smallest absolute Gasteiger partial charge is 0.259 e. The summed E-state index contributed by atoms with van der Waals surface area (Å²) in [4.78, 5) is 26.0. The van der Waals surface area contributed by atoms with Gasteiger partial charge in [0.25, 0.3) is 5.91 Å². The molecule has 4 aliphatic carbocycles. The number of carbonyl (C=O) groups excluding carboxylic acids is 2. The number of hydrogen-bond acceptors (Lipinski definition) is 3. The molecule has 4 fully saturated rings. The molecule has 2 amide bonds. The zero-order valence-corrected chi connectivity index (χ0v) is 17.3. The number of anilines is 2. The minimum atomic E-state index is -0.239. The number of benzene rings is 2. The molecule has 0 saturated heterocycles. The van der Waals surface area contributed by atoms with Crippen LogP contribution >= 0.6 is 0 Å². The van der Waals surface area contributed by atoms with Crippen LogP contribution in [0.5, 0.6) is 5.75 Å². The highest BCUT2D eigenvalue weighted by Gasteiger charge is 2.54. The third-order valence-electron chi connectivity index (χ3n) is 7.25. The maximum atomic E-state index is 13.3. The second-order valence-corrected chi connectivity index (χ2v) is 9.39. The molecule has 5 nitrogen and oxygen atoms in total. The lowest BCUT2D eigenvalue weighted by molar-refractivity contribution is -0.140. The molecule has 4 bridgehead atoms. The van der Waals surface area contributed by atoms with Crippen LogP contribution in [-0.4, -0.2) is 18.9 Å². The van der Waals surface area contributed by atoms with Gasteiger partial charge in [0.1, 0.15) is 5.75 Å². The van der Waals surface area contributed by atoms with Crippen molar-refractivity contribution in [2.75, 3.05) is 17.7 Å². The maximum absolute atomic E-state index is 13.3. The second kappa shape index (κ2) is 7.46. The number of para-hydroxylation sites is 1. The summed E-state index contributed by atoms with van der Waals surface area (Å²) in [6.45, 7) is 0. The van der Waals surface area contributed by atoms with Crippen LogP contribution in [0.25, 0.3) is 0 Å². The monoisotopic (exact) mass is 404 g/mol. The normalized spacial score (nSPS) is 28.8. The number of carbonyl (C=O) groups is 2. The van der Waals surface area contributed by atoms with E-state index < -0.39 is 0 Å². The Bertz CT molecular complexity index is 949. The molecule has 156 valence electrons. The highest BCUT2D eigenvalue weighted by Crippen LogP contribution is 2.60. The molecule has 0 atom stereocenters. The molecule has 2 N–H and O–H groups in total. The summed E-state index contributed by atoms with van der Waals surface area (Å²) < 4.78 is 5.28. The molecule has 4 aliphatic rings. The van der Waals surface area contributed by atoms with Gasteiger partial charge < -0.3 is 15.4 Å². The molecule has 2 aromatic carbocycles. The summed E-state index contributed by atoms with van der Waals surface area (Å²) in [5.41, 5.74) is 1.66. The Hall–Kier alpha value is -2.82. The van der Waals surface area contributed by atoms with E-state index in [1.807, 2.05) is 30.3 Å². The van der Waals surface area contributed by atoms with E-state index >= 15 is 0 Å². The second-order valence-electron chi connectivity index (χ2n) is 9.39. The summed E-state index contributed by atoms with van der Waals surface area (Å²) in [7, 11) is 1.55. The predicted octanol–water partition coefficient (Wildman–Crippen LogP) is 5.10. The Morgan fingerprint density at radius 2 is 1.47 bits per heavy atom. The summed E-state index contributed by atoms with van der Waals surface area (Å²) in [6, 6.07) is 14.5. The van der Waals surface area contributed by atoms with Crippen LogP contribution in [0.15, 0.2) is 48.5 Å². The number of amides is 2. The molecule has 30 heavy (non-hydrogen) atoms. The molecule has 0 heterocycles. The van der Waals surface area contributed by atoms with Crippen molar-refractivity contribution in [2.24, 2.45) is 23.2 Å². The van der Waals surface area contributed by atoms with E-state index in [9.17, 15) is 9.59 Å². The fourth-order valence-electron chi connectivity index (χ4n) is 6.36. The van der Waals surface area contributed by atoms with Crippen molar-refractivity contribution >= 4 is 23.2 Å². The maximum Gasteiger partial charge on any atom is 0.259 e. The van der Waals surface area contributed by atoms with Crippen LogP contribution in [0.4, 0.5) is 11.4 Å². The number of rotatable bonds is 5. The van der Waals surface area contributed by atoms with Crippen molar-refractivity contribution < 1.29 is 14.3 Å². The van der Waals surface area contributed by atoms with Gasteiger partial charge in [-0.05, 0) is 86.6 Å². The number of nitrogens with one attached hydrogen (secondary N) is 2. The average Bonchev–Trinajstić information content (AvgIpc) is 2.73. The number of ether oxygens (including phenoxy) is 1. The summed E-state index contributed by atoms with van der Waals surface area (Å²) in [6.07, 6.45) is 7.06. The Morgan fingerprint density at radius 1 is 0.867 bits per heavy atom. The van der Waals surface area contributed by atoms with Gasteiger partial charge in [0.05, 0.1) is 18.1 Å². The van der Waals surface area contributed by atoms with E-state index in [1.165, 1.54) is 19.3 Å². The molecular weight excluding hydrogens is 376 g/mol. The average molecular weight is 405 g/mol. The third-order valence-corrected chi connectivity index (χ3v) is 7.25. The highest BCUT2D eigenvalue weighted by atomic mass is 16.5. The van der Waals surface area contributed by atoms with Gasteiger partial charge >= 0.3 is 0 Å². The Labute approximate surface area is 177 Å². The molecule has 5 heteroatoms. The first kappa shape index (κ1) is 19.2. The van der Waals surface area contributed by atoms with E-state index in [2.05, 4.69) is 10.6 Å². The van der Waals surface area contributed by atoms with Crippen molar-refractivity contribution in [3.63, 3.8) is 0 Å². The molecule has 0 unspecified atom stereocenters. The molecule has 0 radical (unpaired) electrons. The van der Waals surface area contributed by atoms with Gasteiger partial charge in [-0.15, -0.1) is 0 Å². The zero-order valence-electron chi connectivity index (χ0n) is 17.3. The Kier molecular flexibility index (Phi) is 4.76. The molecule has 0 spiro atoms. The van der Waals surface area contributed by atoms with E-state index in [0.717, 1.165) is 42.7 Å². The Morgan fingerprint density at radius 3 is 2.10 bits per heavy atom. The molecule has 6 rings (SSSR count). The molecule has 0 aliphatic heterocycles. The molecular formula is C25H28N2O3. The first-order valence-electron chi connectivity index (χ1n) is 10.9. The van der Waals surface area contributed by atoms with Crippen LogP contribution in [-0.2, 0) is 4.79 Å². The molecule has 2 aromatic rings. The first-order chi connectivity index (χ1) is 14.5. The van der Waals surface area contributed by atoms with Gasteiger partial charge in [0.2, 0.25) is 5.91 Å². The van der Waals surface area contributed by atoms with Gasteiger partial charge in [0, 0.05) is 11.4 Å². The van der Waals surface area contributed by atoms with E-state index in [4.69, 9.17) is 4.74 Å². The first-order valence-corrected chi connectivity index (χ1v) is 10.9. The SMILES string of the molecule is COc1ccccc1C(=O)Nc1cccc(NC(=O)C23CC4CC(CC(C4)C2)C3)c1. The van der Waals surface area contributed by atoms with Crippen molar-refractivity contribution in [1.29, 1.82) is 0 Å². The van der Waals surface area contributed by atoms with Crippen molar-refractivity contribution in [2.45, 2.75) is 38.5 Å². The van der Waals surface area contributed by atoms with E-state index in [0.29, 0.717) is 17.0 Å². The van der Waals surface area contributed by atoms with Crippen LogP contribution < -0.4 is 15.4 Å². The summed E-state index contributed by atoms with van der Waals surface area (Å²) >= 11 is 0. The van der Waals surface area contributed by atoms with Gasteiger partial charge in [-0.1, -0.05) is 18.2 Å². The summed E-state index contributed by atoms with van der Waals surface area (Å²) in [5, 5.41) is 6.07. The number of methoxy groups -OCH3 is 1. The summed E-state index contributed by atoms with van der Waals surface area (Å²) in [5.74, 6) is 2.64. The van der Waals surface area contributed by atoms with E-state index in [1.54, 1.807) is 25.3 Å². The van der Waals surface area contributed by atoms with Gasteiger partial charge in [-0.3, -0.25) is 9.59 Å². The van der Waals surface area contributed by atoms with E-state index in [-0.39, 0.29) is 17.2 Å². The Balaban J connectivity index is 1.30. The quantitative estimate of drug-likeness (QED) is 0.728. The molecule has 4 saturated carbocycles. The van der Waals surface area contributed by atoms with Crippen LogP contribution in [0, 0.1) is 23.2 Å². The highest BCUT2D eigenvalue weighted by molar-refractivity contribution is 6.06. The van der Waals surface area contributed by atoms with Gasteiger partial charge in [0.15, 0.2) is 0 Å². The van der Waals surface area contributed by atoms with Crippen molar-refractivity contribution in [3.05, 3.63) is 54.1 Å². The van der Waals surface area contributed by atoms with Crippen LogP contribution in [0.1, 0.15) is 48.9 Å². The standard InChI is InChI=1S/C25H28N2O3/c1-30-22-8-3-2-7-21(22)23(28)26-19-5-4-6-20(12-19)27-24(29)25-13-16-9-17(14-25)11-18(10-16)15-25/h2-8,12,16-18H,9-11,13-15H2,1H3,(H,26,28)(H,27,29). The third kappa shape index (κ3) is 3.47. The van der Waals surface area contributed by atoms with Gasteiger partial charge in [-0.2, -0.15) is 0 Å². The van der Waals surface area contributed by atoms with Crippen molar-refractivity contribution in [1.82, 2.24) is 0 Å². The zero-order chi connectivity index (χ0) is 20.7. The largest absolute Gasteiger partial charge is 0.496 e. The van der Waals surface area contributed by atoms with Crippen LogP contribution in [0.3, 0.4) is 0 Å². The lowest BCUT2D eigenvalue weighted by Crippen LogP contribution is -2.51. The number of hydrogen-bond donors (Lipinski definition) is 2. The molecule has 0 aromatic heterocycles. The predicted molar refractivity (Wildman–Crippen MR) is 117 cm³/mol. The fourth-order valence-corrected chi connectivity index (χ4v) is 6.36. The fraction of sp³-hybridized carbons (Fsp3) is 0.440.